The number of nitrogens with zero attached hydrogens (tertiary/aromatic N) is 1. The summed E-state index contributed by atoms with van der Waals surface area (Å²) >= 11 is 0. The van der Waals surface area contributed by atoms with Crippen molar-refractivity contribution in [3.05, 3.63) is 70.8 Å². The van der Waals surface area contributed by atoms with Crippen molar-refractivity contribution in [1.29, 1.82) is 0 Å². The van der Waals surface area contributed by atoms with Crippen molar-refractivity contribution in [2.24, 2.45) is 5.41 Å². The monoisotopic (exact) mass is 493 g/mol. The van der Waals surface area contributed by atoms with Crippen LogP contribution < -0.4 is 4.89 Å². The number of para-hydroxylation sites is 1. The fourth-order valence-electron chi connectivity index (χ4n) is 4.30. The zero-order chi connectivity index (χ0) is 26.9. The van der Waals surface area contributed by atoms with Gasteiger partial charge in [0, 0.05) is 29.8 Å². The van der Waals surface area contributed by atoms with Crippen LogP contribution in [0.15, 0.2) is 54.1 Å². The molecule has 1 aliphatic heterocycles. The summed E-state index contributed by atoms with van der Waals surface area (Å²) in [5.41, 5.74) is 1.46. The molecule has 1 N–H and O–H groups in total. The lowest BCUT2D eigenvalue weighted by Gasteiger charge is -2.33. The topological polar surface area (TPSA) is 76.1 Å². The van der Waals surface area contributed by atoms with Crippen LogP contribution in [-0.4, -0.2) is 35.0 Å². The molecule has 6 heteroatoms. The molecule has 36 heavy (non-hydrogen) atoms. The maximum atomic E-state index is 13.5. The van der Waals surface area contributed by atoms with E-state index in [9.17, 15) is 14.7 Å². The van der Waals surface area contributed by atoms with Gasteiger partial charge in [-0.3, -0.25) is 9.68 Å². The van der Waals surface area contributed by atoms with Gasteiger partial charge in [0.25, 0.3) is 5.91 Å². The first-order valence-electron chi connectivity index (χ1n) is 12.4. The number of carbonyl (C=O) groups excluding carboxylic acids is 2. The van der Waals surface area contributed by atoms with Gasteiger partial charge in [-0.05, 0) is 55.4 Å². The van der Waals surface area contributed by atoms with Crippen LogP contribution in [0.3, 0.4) is 0 Å². The Morgan fingerprint density at radius 3 is 1.92 bits per heavy atom. The largest absolute Gasteiger partial charge is 0.507 e. The minimum absolute atomic E-state index is 0.0888. The molecule has 2 aromatic carbocycles. The lowest BCUT2D eigenvalue weighted by atomic mass is 9.78. The second-order valence-corrected chi connectivity index (χ2v) is 12.0. The van der Waals surface area contributed by atoms with Gasteiger partial charge < -0.3 is 10.0 Å². The molecular weight excluding hydrogens is 454 g/mol. The molecule has 0 atom stereocenters. The predicted molar refractivity (Wildman–Crippen MR) is 141 cm³/mol. The molecule has 0 aliphatic carbocycles. The van der Waals surface area contributed by atoms with Crippen LogP contribution in [0.25, 0.3) is 0 Å². The van der Waals surface area contributed by atoms with Crippen molar-refractivity contribution in [1.82, 2.24) is 4.90 Å². The highest BCUT2D eigenvalue weighted by Crippen LogP contribution is 2.40. The molecule has 0 aromatic heterocycles. The van der Waals surface area contributed by atoms with Crippen molar-refractivity contribution in [2.75, 3.05) is 13.1 Å². The van der Waals surface area contributed by atoms with E-state index in [1.807, 2.05) is 65.8 Å². The number of benzene rings is 2. The van der Waals surface area contributed by atoms with E-state index in [1.54, 1.807) is 43.0 Å². The van der Waals surface area contributed by atoms with E-state index in [4.69, 9.17) is 9.78 Å². The lowest BCUT2D eigenvalue weighted by molar-refractivity contribution is -0.222. The molecule has 3 rings (SSSR count). The smallest absolute Gasteiger partial charge is 0.364 e. The number of hydrogen-bond acceptors (Lipinski definition) is 5. The van der Waals surface area contributed by atoms with E-state index >= 15 is 0 Å². The van der Waals surface area contributed by atoms with Gasteiger partial charge in [-0.2, -0.15) is 0 Å². The molecule has 1 amide bonds. The number of hydrogen-bond donors (Lipinski definition) is 1. The average Bonchev–Trinajstić information content (AvgIpc) is 2.81. The molecule has 0 unspecified atom stereocenters. The Kier molecular flexibility index (Phi) is 7.58. The van der Waals surface area contributed by atoms with Crippen LogP contribution in [0.4, 0.5) is 0 Å². The minimum atomic E-state index is -0.888. The van der Waals surface area contributed by atoms with Gasteiger partial charge in [0.1, 0.15) is 5.75 Å². The summed E-state index contributed by atoms with van der Waals surface area (Å²) in [6, 6.07) is 12.5. The zero-order valence-electron chi connectivity index (χ0n) is 22.8. The maximum absolute atomic E-state index is 13.5. The SMILES string of the molecule is CC(C)(C(=O)OOc1ccccc1)C1=CCN(C(=O)c2cc(C(C)(C)C)c(O)c(C(C)(C)C)c2)CC1. The standard InChI is InChI=1S/C30H39NO5/c1-28(2,3)23-18-20(19-24(25(23)32)29(4,5)6)26(33)31-16-14-21(15-17-31)30(7,8)27(34)36-35-22-12-10-9-11-13-22/h9-14,18-19,32H,15-17H2,1-8H3. The number of phenols is 1. The van der Waals surface area contributed by atoms with Gasteiger partial charge in [0.2, 0.25) is 0 Å². The van der Waals surface area contributed by atoms with E-state index in [2.05, 4.69) is 0 Å². The Bertz CT molecular complexity index is 1120. The summed E-state index contributed by atoms with van der Waals surface area (Å²) in [5.74, 6) is 0.134. The molecular formula is C30H39NO5. The summed E-state index contributed by atoms with van der Waals surface area (Å²) in [4.78, 5) is 38.4. The van der Waals surface area contributed by atoms with Crippen molar-refractivity contribution < 1.29 is 24.5 Å². The second-order valence-electron chi connectivity index (χ2n) is 12.0. The van der Waals surface area contributed by atoms with Crippen LogP contribution in [0.2, 0.25) is 0 Å². The van der Waals surface area contributed by atoms with Crippen molar-refractivity contribution in [3.8, 4) is 11.5 Å². The molecule has 194 valence electrons. The molecule has 0 fully saturated rings. The molecule has 1 heterocycles. The predicted octanol–water partition coefficient (Wildman–Crippen LogP) is 6.32. The van der Waals surface area contributed by atoms with Crippen LogP contribution in [0, 0.1) is 5.41 Å². The van der Waals surface area contributed by atoms with Crippen LogP contribution in [0.1, 0.15) is 83.3 Å². The molecule has 0 bridgehead atoms. The third-order valence-corrected chi connectivity index (χ3v) is 6.74. The molecule has 2 aromatic rings. The Morgan fingerprint density at radius 2 is 1.44 bits per heavy atom. The maximum Gasteiger partial charge on any atom is 0.364 e. The first-order valence-corrected chi connectivity index (χ1v) is 12.4. The van der Waals surface area contributed by atoms with Gasteiger partial charge in [0.05, 0.1) is 5.41 Å². The van der Waals surface area contributed by atoms with Crippen LogP contribution in [-0.2, 0) is 20.5 Å². The van der Waals surface area contributed by atoms with E-state index in [0.717, 1.165) is 16.7 Å². The molecule has 0 saturated carbocycles. The first kappa shape index (κ1) is 27.3. The molecule has 0 saturated heterocycles. The highest BCUT2D eigenvalue weighted by Gasteiger charge is 2.37. The fraction of sp³-hybridized carbons (Fsp3) is 0.467. The van der Waals surface area contributed by atoms with Crippen molar-refractivity contribution in [3.63, 3.8) is 0 Å². The Labute approximate surface area is 214 Å². The van der Waals surface area contributed by atoms with Crippen molar-refractivity contribution in [2.45, 2.75) is 72.6 Å². The van der Waals surface area contributed by atoms with Gasteiger partial charge in [-0.15, -0.1) is 0 Å². The summed E-state index contributed by atoms with van der Waals surface area (Å²) in [7, 11) is 0. The lowest BCUT2D eigenvalue weighted by Crippen LogP contribution is -2.39. The van der Waals surface area contributed by atoms with Gasteiger partial charge in [-0.1, -0.05) is 71.4 Å². The number of amides is 1. The van der Waals surface area contributed by atoms with Crippen LogP contribution >= 0.6 is 0 Å². The van der Waals surface area contributed by atoms with E-state index < -0.39 is 11.4 Å². The van der Waals surface area contributed by atoms with E-state index in [-0.39, 0.29) is 22.5 Å². The normalized spacial score (nSPS) is 14.8. The third kappa shape index (κ3) is 5.92. The molecule has 0 radical (unpaired) electrons. The first-order chi connectivity index (χ1) is 16.6. The van der Waals surface area contributed by atoms with Gasteiger partial charge in [0.15, 0.2) is 5.75 Å². The summed E-state index contributed by atoms with van der Waals surface area (Å²) < 4.78 is 0. The number of phenolic OH excluding ortho intramolecular Hbond substituents is 1. The van der Waals surface area contributed by atoms with Gasteiger partial charge in [-0.25, -0.2) is 9.68 Å². The summed E-state index contributed by atoms with van der Waals surface area (Å²) in [5, 5.41) is 11.0. The number of carbonyl (C=O) groups is 2. The zero-order valence-corrected chi connectivity index (χ0v) is 22.8. The van der Waals surface area contributed by atoms with E-state index in [0.29, 0.717) is 30.8 Å². The van der Waals surface area contributed by atoms with Gasteiger partial charge >= 0.3 is 5.97 Å². The quantitative estimate of drug-likeness (QED) is 0.300. The fourth-order valence-corrected chi connectivity index (χ4v) is 4.30. The second kappa shape index (κ2) is 10.00. The van der Waals surface area contributed by atoms with Crippen molar-refractivity contribution >= 4 is 11.9 Å². The summed E-state index contributed by atoms with van der Waals surface area (Å²) in [6.45, 7) is 16.7. The number of aromatic hydroxyl groups is 1. The highest BCUT2D eigenvalue weighted by molar-refractivity contribution is 5.95. The van der Waals surface area contributed by atoms with Crippen LogP contribution in [0.5, 0.6) is 11.5 Å². The Balaban J connectivity index is 1.78. The van der Waals surface area contributed by atoms with E-state index in [1.165, 1.54) is 0 Å². The molecule has 1 aliphatic rings. The number of rotatable bonds is 5. The molecule has 0 spiro atoms. The third-order valence-electron chi connectivity index (χ3n) is 6.74. The Morgan fingerprint density at radius 1 is 0.889 bits per heavy atom. The highest BCUT2D eigenvalue weighted by atomic mass is 17.2. The minimum Gasteiger partial charge on any atom is -0.507 e. The molecule has 6 nitrogen and oxygen atoms in total. The average molecular weight is 494 g/mol. The Hall–Kier alpha value is -3.28. The summed E-state index contributed by atoms with van der Waals surface area (Å²) in [6.07, 6.45) is 2.48.